The van der Waals surface area contributed by atoms with Crippen LogP contribution >= 0.6 is 11.6 Å². The molecule has 0 aliphatic rings. The maximum Gasteiger partial charge on any atom is 0.188 e. The summed E-state index contributed by atoms with van der Waals surface area (Å²) in [6.07, 6.45) is 2.98. The summed E-state index contributed by atoms with van der Waals surface area (Å²) in [5, 5.41) is 3.79. The molecule has 0 radical (unpaired) electrons. The van der Waals surface area contributed by atoms with Crippen LogP contribution in [-0.2, 0) is 6.42 Å². The Kier molecular flexibility index (Phi) is 7.11. The molecule has 0 amide bonds. The van der Waals surface area contributed by atoms with Crippen molar-refractivity contribution >= 4 is 17.6 Å². The number of nitrogens with two attached hydrogens (primary N) is 1. The van der Waals surface area contributed by atoms with E-state index >= 15 is 0 Å². The predicted octanol–water partition coefficient (Wildman–Crippen LogP) is 2.60. The van der Waals surface area contributed by atoms with Gasteiger partial charge in [-0.05, 0) is 30.5 Å². The van der Waals surface area contributed by atoms with E-state index < -0.39 is 0 Å². The van der Waals surface area contributed by atoms with Gasteiger partial charge in [0.05, 0.1) is 7.11 Å². The highest BCUT2D eigenvalue weighted by Gasteiger charge is 2.02. The number of guanidine groups is 1. The third-order valence-corrected chi connectivity index (χ3v) is 3.11. The highest BCUT2D eigenvalue weighted by molar-refractivity contribution is 6.31. The number of nitrogens with one attached hydrogen (secondary N) is 1. The van der Waals surface area contributed by atoms with Crippen molar-refractivity contribution in [1.82, 2.24) is 5.32 Å². The van der Waals surface area contributed by atoms with Crippen molar-refractivity contribution in [2.24, 2.45) is 10.7 Å². The molecule has 0 heterocycles. The molecule has 0 aliphatic carbocycles. The summed E-state index contributed by atoms with van der Waals surface area (Å²) in [4.78, 5) is 4.23. The van der Waals surface area contributed by atoms with Crippen molar-refractivity contribution in [2.75, 3.05) is 20.2 Å². The first kappa shape index (κ1) is 15.6. The van der Waals surface area contributed by atoms with Gasteiger partial charge in [0.2, 0.25) is 0 Å². The van der Waals surface area contributed by atoms with Crippen LogP contribution < -0.4 is 15.8 Å². The molecule has 0 aliphatic heterocycles. The summed E-state index contributed by atoms with van der Waals surface area (Å²) in [6.45, 7) is 3.62. The van der Waals surface area contributed by atoms with E-state index in [-0.39, 0.29) is 0 Å². The lowest BCUT2D eigenvalue weighted by molar-refractivity contribution is 0.414. The first-order valence-electron chi connectivity index (χ1n) is 6.53. The van der Waals surface area contributed by atoms with Gasteiger partial charge in [0.25, 0.3) is 0 Å². The molecule has 5 heteroatoms. The van der Waals surface area contributed by atoms with Crippen LogP contribution in [0.5, 0.6) is 5.75 Å². The number of rotatable bonds is 7. The Morgan fingerprint density at radius 2 is 2.26 bits per heavy atom. The number of benzene rings is 1. The van der Waals surface area contributed by atoms with Crippen molar-refractivity contribution < 1.29 is 4.74 Å². The first-order valence-corrected chi connectivity index (χ1v) is 6.91. The molecular formula is C14H22ClN3O. The number of unbranched alkanes of at least 4 members (excludes halogenated alkanes) is 1. The molecule has 3 N–H and O–H groups in total. The van der Waals surface area contributed by atoms with E-state index in [4.69, 9.17) is 22.1 Å². The quantitative estimate of drug-likeness (QED) is 0.459. The number of methoxy groups -OCH3 is 1. The molecule has 19 heavy (non-hydrogen) atoms. The number of hydrogen-bond acceptors (Lipinski definition) is 2. The van der Waals surface area contributed by atoms with Gasteiger partial charge in [0.15, 0.2) is 5.96 Å². The van der Waals surface area contributed by atoms with Gasteiger partial charge in [-0.15, -0.1) is 0 Å². The highest BCUT2D eigenvalue weighted by atomic mass is 35.5. The summed E-state index contributed by atoms with van der Waals surface area (Å²) < 4.78 is 5.11. The molecule has 0 bridgehead atoms. The van der Waals surface area contributed by atoms with E-state index in [1.165, 1.54) is 0 Å². The molecule has 1 aromatic carbocycles. The van der Waals surface area contributed by atoms with E-state index in [0.717, 1.165) is 37.1 Å². The highest BCUT2D eigenvalue weighted by Crippen LogP contribution is 2.22. The molecular weight excluding hydrogens is 262 g/mol. The van der Waals surface area contributed by atoms with E-state index in [2.05, 4.69) is 17.2 Å². The maximum atomic E-state index is 6.16. The van der Waals surface area contributed by atoms with Crippen molar-refractivity contribution in [3.63, 3.8) is 0 Å². The lowest BCUT2D eigenvalue weighted by Crippen LogP contribution is -2.33. The van der Waals surface area contributed by atoms with Gasteiger partial charge in [-0.1, -0.05) is 31.0 Å². The summed E-state index contributed by atoms with van der Waals surface area (Å²) in [7, 11) is 1.63. The van der Waals surface area contributed by atoms with Crippen molar-refractivity contribution in [2.45, 2.75) is 26.2 Å². The Labute approximate surface area is 120 Å². The van der Waals surface area contributed by atoms with Gasteiger partial charge in [0, 0.05) is 18.1 Å². The Morgan fingerprint density at radius 3 is 2.89 bits per heavy atom. The van der Waals surface area contributed by atoms with Gasteiger partial charge in [-0.25, -0.2) is 0 Å². The fourth-order valence-electron chi connectivity index (χ4n) is 1.60. The van der Waals surface area contributed by atoms with Crippen LogP contribution in [0.4, 0.5) is 0 Å². The van der Waals surface area contributed by atoms with Crippen LogP contribution in [0.15, 0.2) is 23.2 Å². The molecule has 4 nitrogen and oxygen atoms in total. The van der Waals surface area contributed by atoms with Gasteiger partial charge in [-0.2, -0.15) is 0 Å². The van der Waals surface area contributed by atoms with E-state index in [1.807, 2.05) is 18.2 Å². The molecule has 0 aromatic heterocycles. The van der Waals surface area contributed by atoms with Gasteiger partial charge >= 0.3 is 0 Å². The lowest BCUT2D eigenvalue weighted by atomic mass is 10.1. The van der Waals surface area contributed by atoms with Crippen molar-refractivity contribution in [1.29, 1.82) is 0 Å². The first-order chi connectivity index (χ1) is 9.17. The molecule has 0 fully saturated rings. The minimum absolute atomic E-state index is 0.498. The zero-order valence-corrected chi connectivity index (χ0v) is 12.3. The number of halogens is 1. The lowest BCUT2D eigenvalue weighted by Gasteiger charge is -2.08. The van der Waals surface area contributed by atoms with Crippen LogP contribution in [0, 0.1) is 0 Å². The minimum atomic E-state index is 0.498. The smallest absolute Gasteiger partial charge is 0.188 e. The molecule has 0 unspecified atom stereocenters. The van der Waals surface area contributed by atoms with Crippen LogP contribution in [0.2, 0.25) is 5.02 Å². The molecule has 1 aromatic rings. The van der Waals surface area contributed by atoms with Crippen LogP contribution in [0.1, 0.15) is 25.3 Å². The largest absolute Gasteiger partial charge is 0.497 e. The molecule has 0 spiro atoms. The second-order valence-electron chi connectivity index (χ2n) is 4.25. The second kappa shape index (κ2) is 8.64. The fourth-order valence-corrected chi connectivity index (χ4v) is 1.86. The average molecular weight is 284 g/mol. The van der Waals surface area contributed by atoms with Gasteiger partial charge in [-0.3, -0.25) is 4.99 Å². The van der Waals surface area contributed by atoms with E-state index in [1.54, 1.807) is 7.11 Å². The Balaban J connectivity index is 2.38. The van der Waals surface area contributed by atoms with Crippen LogP contribution in [-0.4, -0.2) is 26.2 Å². The Morgan fingerprint density at radius 1 is 1.47 bits per heavy atom. The predicted molar refractivity (Wildman–Crippen MR) is 81.1 cm³/mol. The van der Waals surface area contributed by atoms with E-state index in [9.17, 15) is 0 Å². The molecule has 0 atom stereocenters. The van der Waals surface area contributed by atoms with Crippen molar-refractivity contribution in [3.8, 4) is 5.75 Å². The summed E-state index contributed by atoms with van der Waals surface area (Å²) in [5.41, 5.74) is 6.81. The number of hydrogen-bond donors (Lipinski definition) is 2. The SMILES string of the molecule is CCCCN=C(N)NCCc1ccc(OC)cc1Cl. The monoisotopic (exact) mass is 283 g/mol. The topological polar surface area (TPSA) is 59.6 Å². The third kappa shape index (κ3) is 5.83. The van der Waals surface area contributed by atoms with Crippen molar-refractivity contribution in [3.05, 3.63) is 28.8 Å². The standard InChI is InChI=1S/C14H22ClN3O/c1-3-4-8-17-14(16)18-9-7-11-5-6-12(19-2)10-13(11)15/h5-6,10H,3-4,7-9H2,1-2H3,(H3,16,17,18). The molecule has 0 saturated heterocycles. The zero-order valence-electron chi connectivity index (χ0n) is 11.6. The molecule has 106 valence electrons. The van der Waals surface area contributed by atoms with E-state index in [0.29, 0.717) is 17.5 Å². The van der Waals surface area contributed by atoms with Crippen LogP contribution in [0.25, 0.3) is 0 Å². The van der Waals surface area contributed by atoms with Gasteiger partial charge in [0.1, 0.15) is 5.75 Å². The normalized spacial score (nSPS) is 11.4. The fraction of sp³-hybridized carbons (Fsp3) is 0.500. The Hall–Kier alpha value is -1.42. The van der Waals surface area contributed by atoms with Crippen LogP contribution in [0.3, 0.4) is 0 Å². The number of aliphatic imine (C=N–C) groups is 1. The zero-order chi connectivity index (χ0) is 14.1. The third-order valence-electron chi connectivity index (χ3n) is 2.75. The second-order valence-corrected chi connectivity index (χ2v) is 4.66. The maximum absolute atomic E-state index is 6.16. The molecule has 0 saturated carbocycles. The summed E-state index contributed by atoms with van der Waals surface area (Å²) in [5.74, 6) is 1.26. The minimum Gasteiger partial charge on any atom is -0.497 e. The van der Waals surface area contributed by atoms with Gasteiger partial charge < -0.3 is 15.8 Å². The molecule has 1 rings (SSSR count). The Bertz CT molecular complexity index is 421. The summed E-state index contributed by atoms with van der Waals surface area (Å²) in [6, 6.07) is 5.68. The summed E-state index contributed by atoms with van der Waals surface area (Å²) >= 11 is 6.16. The average Bonchev–Trinajstić information content (AvgIpc) is 2.41. The number of nitrogens with zero attached hydrogens (tertiary/aromatic N) is 1. The number of ether oxygens (including phenoxy) is 1.